The first kappa shape index (κ1) is 21.6. The van der Waals surface area contributed by atoms with E-state index in [0.29, 0.717) is 12.6 Å². The van der Waals surface area contributed by atoms with E-state index in [1.165, 1.54) is 5.56 Å². The van der Waals surface area contributed by atoms with Gasteiger partial charge in [0.05, 0.1) is 0 Å². The molecule has 0 saturated carbocycles. The number of rotatable bonds is 8. The molecule has 23 heavy (non-hydrogen) atoms. The molecule has 0 saturated heterocycles. The molecular weight excluding hydrogens is 401 g/mol. The Bertz CT molecular complexity index is 494. The van der Waals surface area contributed by atoms with Crippen molar-refractivity contribution in [3.05, 3.63) is 29.8 Å². The summed E-state index contributed by atoms with van der Waals surface area (Å²) in [5.74, 6) is 4.14. The van der Waals surface area contributed by atoms with E-state index in [4.69, 9.17) is 11.2 Å². The van der Waals surface area contributed by atoms with Crippen LogP contribution in [0.2, 0.25) is 0 Å². The minimum absolute atomic E-state index is 0. The maximum absolute atomic E-state index is 5.36. The van der Waals surface area contributed by atoms with Crippen LogP contribution in [0.1, 0.15) is 32.8 Å². The molecule has 1 aromatic rings. The number of hydrogen-bond acceptors (Lipinski definition) is 2. The molecule has 0 heterocycles. The highest BCUT2D eigenvalue weighted by molar-refractivity contribution is 14.0. The smallest absolute Gasteiger partial charge is 0.191 e. The van der Waals surface area contributed by atoms with Crippen molar-refractivity contribution in [3.8, 4) is 18.1 Å². The summed E-state index contributed by atoms with van der Waals surface area (Å²) in [6.45, 7) is 8.30. The van der Waals surface area contributed by atoms with Crippen molar-refractivity contribution in [2.45, 2.75) is 39.7 Å². The van der Waals surface area contributed by atoms with Gasteiger partial charge in [0.15, 0.2) is 5.96 Å². The molecule has 0 fully saturated rings. The lowest BCUT2D eigenvalue weighted by molar-refractivity contribution is 0.370. The van der Waals surface area contributed by atoms with Crippen LogP contribution in [-0.4, -0.2) is 31.7 Å². The Morgan fingerprint density at radius 1 is 1.30 bits per heavy atom. The standard InChI is InChI=1S/C18H27N3O.HI/c1-5-14-22-17-10-8-16(9-11-17)12-13-20-18(19-7-3)21-15(4)6-2;/h1,8-11,15H,6-7,12-14H2,2-4H3,(H2,19,20,21);1H. The Morgan fingerprint density at radius 2 is 2.00 bits per heavy atom. The zero-order valence-electron chi connectivity index (χ0n) is 14.3. The first-order chi connectivity index (χ1) is 10.7. The molecule has 0 aliphatic rings. The highest BCUT2D eigenvalue weighted by atomic mass is 127. The minimum Gasteiger partial charge on any atom is -0.481 e. The second-order valence-corrected chi connectivity index (χ2v) is 5.10. The molecule has 4 nitrogen and oxygen atoms in total. The van der Waals surface area contributed by atoms with Crippen molar-refractivity contribution in [1.29, 1.82) is 0 Å². The molecule has 0 aliphatic carbocycles. The van der Waals surface area contributed by atoms with Gasteiger partial charge in [-0.05, 0) is 44.4 Å². The van der Waals surface area contributed by atoms with Gasteiger partial charge in [0.25, 0.3) is 0 Å². The van der Waals surface area contributed by atoms with Crippen molar-refractivity contribution in [2.75, 3.05) is 19.7 Å². The third kappa shape index (κ3) is 9.34. The molecule has 1 aromatic carbocycles. The predicted octanol–water partition coefficient (Wildman–Crippen LogP) is 3.21. The lowest BCUT2D eigenvalue weighted by atomic mass is 10.1. The quantitative estimate of drug-likeness (QED) is 0.289. The van der Waals surface area contributed by atoms with E-state index in [-0.39, 0.29) is 24.0 Å². The molecule has 0 aliphatic heterocycles. The lowest BCUT2D eigenvalue weighted by Crippen LogP contribution is -2.42. The third-order valence-electron chi connectivity index (χ3n) is 3.26. The van der Waals surface area contributed by atoms with E-state index in [0.717, 1.165) is 37.6 Å². The molecular formula is C18H28IN3O. The molecule has 1 atom stereocenters. The summed E-state index contributed by atoms with van der Waals surface area (Å²) < 4.78 is 5.36. The van der Waals surface area contributed by atoms with Crippen LogP contribution in [0.4, 0.5) is 0 Å². The summed E-state index contributed by atoms with van der Waals surface area (Å²) in [4.78, 5) is 4.61. The number of benzene rings is 1. The number of terminal acetylenes is 1. The summed E-state index contributed by atoms with van der Waals surface area (Å²) in [7, 11) is 0. The van der Waals surface area contributed by atoms with Gasteiger partial charge < -0.3 is 15.4 Å². The number of nitrogens with one attached hydrogen (secondary N) is 2. The fourth-order valence-electron chi connectivity index (χ4n) is 1.83. The largest absolute Gasteiger partial charge is 0.481 e. The van der Waals surface area contributed by atoms with Gasteiger partial charge in [-0.3, -0.25) is 4.99 Å². The molecule has 128 valence electrons. The molecule has 0 amide bonds. The maximum Gasteiger partial charge on any atom is 0.191 e. The second kappa shape index (κ2) is 13.1. The molecule has 0 radical (unpaired) electrons. The number of halogens is 1. The summed E-state index contributed by atoms with van der Waals surface area (Å²) in [6.07, 6.45) is 7.14. The van der Waals surface area contributed by atoms with Gasteiger partial charge in [-0.1, -0.05) is 25.0 Å². The van der Waals surface area contributed by atoms with Crippen LogP contribution in [0, 0.1) is 12.3 Å². The van der Waals surface area contributed by atoms with Gasteiger partial charge in [-0.15, -0.1) is 30.4 Å². The first-order valence-electron chi connectivity index (χ1n) is 7.89. The highest BCUT2D eigenvalue weighted by Gasteiger charge is 2.02. The van der Waals surface area contributed by atoms with Crippen molar-refractivity contribution in [2.24, 2.45) is 4.99 Å². The van der Waals surface area contributed by atoms with Crippen LogP contribution in [0.25, 0.3) is 0 Å². The fourth-order valence-corrected chi connectivity index (χ4v) is 1.83. The van der Waals surface area contributed by atoms with E-state index in [1.807, 2.05) is 12.1 Å². The molecule has 0 bridgehead atoms. The van der Waals surface area contributed by atoms with Crippen LogP contribution >= 0.6 is 24.0 Å². The summed E-state index contributed by atoms with van der Waals surface area (Å²) >= 11 is 0. The minimum atomic E-state index is 0. The Kier molecular flexibility index (Phi) is 12.3. The average molecular weight is 429 g/mol. The van der Waals surface area contributed by atoms with Gasteiger partial charge in [0.1, 0.15) is 12.4 Å². The number of aliphatic imine (C=N–C) groups is 1. The average Bonchev–Trinajstić information content (AvgIpc) is 2.54. The Balaban J connectivity index is 0.00000484. The van der Waals surface area contributed by atoms with Crippen LogP contribution in [0.15, 0.2) is 29.3 Å². The molecule has 0 spiro atoms. The molecule has 1 unspecified atom stereocenters. The van der Waals surface area contributed by atoms with E-state index in [2.05, 4.69) is 54.5 Å². The van der Waals surface area contributed by atoms with Crippen LogP contribution in [0.5, 0.6) is 5.75 Å². The van der Waals surface area contributed by atoms with Crippen molar-refractivity contribution < 1.29 is 4.74 Å². The van der Waals surface area contributed by atoms with Crippen LogP contribution < -0.4 is 15.4 Å². The van der Waals surface area contributed by atoms with Crippen LogP contribution in [-0.2, 0) is 6.42 Å². The number of guanidine groups is 1. The molecule has 5 heteroatoms. The van der Waals surface area contributed by atoms with E-state index in [1.54, 1.807) is 0 Å². The third-order valence-corrected chi connectivity index (χ3v) is 3.26. The van der Waals surface area contributed by atoms with Crippen molar-refractivity contribution in [3.63, 3.8) is 0 Å². The van der Waals surface area contributed by atoms with Crippen molar-refractivity contribution >= 4 is 29.9 Å². The Morgan fingerprint density at radius 3 is 2.57 bits per heavy atom. The molecule has 0 aromatic heterocycles. The number of hydrogen-bond donors (Lipinski definition) is 2. The van der Waals surface area contributed by atoms with Crippen molar-refractivity contribution in [1.82, 2.24) is 10.6 Å². The Labute approximate surface area is 157 Å². The zero-order chi connectivity index (χ0) is 16.2. The van der Waals surface area contributed by atoms with Gasteiger partial charge in [-0.2, -0.15) is 0 Å². The highest BCUT2D eigenvalue weighted by Crippen LogP contribution is 2.12. The van der Waals surface area contributed by atoms with Gasteiger partial charge in [0, 0.05) is 19.1 Å². The van der Waals surface area contributed by atoms with E-state index >= 15 is 0 Å². The Hall–Kier alpha value is -1.42. The normalized spacial score (nSPS) is 11.8. The maximum atomic E-state index is 5.36. The summed E-state index contributed by atoms with van der Waals surface area (Å²) in [6, 6.07) is 8.41. The van der Waals surface area contributed by atoms with E-state index in [9.17, 15) is 0 Å². The van der Waals surface area contributed by atoms with Gasteiger partial charge >= 0.3 is 0 Å². The summed E-state index contributed by atoms with van der Waals surface area (Å²) in [5.41, 5.74) is 1.23. The molecule has 1 rings (SSSR count). The van der Waals surface area contributed by atoms with E-state index < -0.39 is 0 Å². The predicted molar refractivity (Wildman–Crippen MR) is 109 cm³/mol. The monoisotopic (exact) mass is 429 g/mol. The lowest BCUT2D eigenvalue weighted by Gasteiger charge is -2.16. The SMILES string of the molecule is C#CCOc1ccc(CCN=C(NCC)NC(C)CC)cc1.I. The van der Waals surface area contributed by atoms with Crippen LogP contribution in [0.3, 0.4) is 0 Å². The summed E-state index contributed by atoms with van der Waals surface area (Å²) in [5, 5.41) is 6.65. The zero-order valence-corrected chi connectivity index (χ0v) is 16.6. The number of ether oxygens (including phenoxy) is 1. The topological polar surface area (TPSA) is 45.6 Å². The number of nitrogens with zero attached hydrogens (tertiary/aromatic N) is 1. The van der Waals surface area contributed by atoms with Gasteiger partial charge in [0.2, 0.25) is 0 Å². The van der Waals surface area contributed by atoms with Gasteiger partial charge in [-0.25, -0.2) is 0 Å². The fraction of sp³-hybridized carbons (Fsp3) is 0.500. The molecule has 2 N–H and O–H groups in total. The second-order valence-electron chi connectivity index (χ2n) is 5.10. The first-order valence-corrected chi connectivity index (χ1v) is 7.89.